The highest BCUT2D eigenvalue weighted by Gasteiger charge is 2.22. The number of aliphatic carboxylic acids is 1. The van der Waals surface area contributed by atoms with Crippen LogP contribution in [0.1, 0.15) is 30.3 Å². The van der Waals surface area contributed by atoms with Gasteiger partial charge in [-0.15, -0.1) is 0 Å². The molecule has 2 aromatic rings. The van der Waals surface area contributed by atoms with Crippen molar-refractivity contribution in [3.63, 3.8) is 0 Å². The summed E-state index contributed by atoms with van der Waals surface area (Å²) in [7, 11) is 0. The summed E-state index contributed by atoms with van der Waals surface area (Å²) in [6.45, 7) is 1.87. The summed E-state index contributed by atoms with van der Waals surface area (Å²) in [6, 6.07) is 11.8. The zero-order chi connectivity index (χ0) is 13.0. The van der Waals surface area contributed by atoms with Gasteiger partial charge < -0.3 is 9.52 Å². The molecule has 0 spiro atoms. The van der Waals surface area contributed by atoms with Crippen LogP contribution < -0.4 is 5.32 Å². The first-order chi connectivity index (χ1) is 8.68. The van der Waals surface area contributed by atoms with Crippen LogP contribution in [-0.2, 0) is 4.79 Å². The maximum atomic E-state index is 11.3. The predicted octanol–water partition coefficient (Wildman–Crippen LogP) is 2.76. The number of carbonyl (C=O) groups is 1. The third kappa shape index (κ3) is 2.78. The molecule has 0 amide bonds. The maximum absolute atomic E-state index is 11.3. The highest BCUT2D eigenvalue weighted by atomic mass is 16.4. The topological polar surface area (TPSA) is 62.5 Å². The fraction of sp³-hybridized carbons (Fsp3) is 0.214. The molecule has 1 aromatic carbocycles. The molecule has 0 aliphatic rings. The van der Waals surface area contributed by atoms with Gasteiger partial charge in [-0.2, -0.15) is 0 Å². The summed E-state index contributed by atoms with van der Waals surface area (Å²) in [5.41, 5.74) is 0.725. The Morgan fingerprint density at radius 3 is 2.50 bits per heavy atom. The molecule has 0 fully saturated rings. The van der Waals surface area contributed by atoms with Crippen LogP contribution in [-0.4, -0.2) is 11.1 Å². The van der Waals surface area contributed by atoms with Crippen LogP contribution >= 0.6 is 0 Å². The first-order valence-electron chi connectivity index (χ1n) is 5.75. The summed E-state index contributed by atoms with van der Waals surface area (Å²) in [4.78, 5) is 11.3. The molecule has 4 heteroatoms. The second-order valence-electron chi connectivity index (χ2n) is 4.09. The van der Waals surface area contributed by atoms with Crippen molar-refractivity contribution in [1.82, 2.24) is 5.32 Å². The van der Waals surface area contributed by atoms with Gasteiger partial charge in [-0.1, -0.05) is 30.3 Å². The van der Waals surface area contributed by atoms with Crippen molar-refractivity contribution in [1.29, 1.82) is 0 Å². The van der Waals surface area contributed by atoms with Crippen LogP contribution in [0, 0.1) is 0 Å². The quantitative estimate of drug-likeness (QED) is 0.850. The van der Waals surface area contributed by atoms with E-state index in [1.54, 1.807) is 24.5 Å². The van der Waals surface area contributed by atoms with E-state index in [-0.39, 0.29) is 6.04 Å². The Bertz CT molecular complexity index is 493. The fourth-order valence-corrected chi connectivity index (χ4v) is 1.83. The molecule has 0 radical (unpaired) electrons. The summed E-state index contributed by atoms with van der Waals surface area (Å²) < 4.78 is 5.26. The van der Waals surface area contributed by atoms with Gasteiger partial charge in [0.2, 0.25) is 0 Å². The van der Waals surface area contributed by atoms with E-state index in [1.165, 1.54) is 0 Å². The number of furan rings is 1. The molecule has 0 saturated carbocycles. The van der Waals surface area contributed by atoms with Gasteiger partial charge in [0.25, 0.3) is 0 Å². The number of hydrogen-bond acceptors (Lipinski definition) is 3. The van der Waals surface area contributed by atoms with Gasteiger partial charge in [-0.05, 0) is 24.6 Å². The van der Waals surface area contributed by atoms with Gasteiger partial charge in [0, 0.05) is 0 Å². The average Bonchev–Trinajstić information content (AvgIpc) is 2.90. The van der Waals surface area contributed by atoms with Crippen LogP contribution in [0.3, 0.4) is 0 Å². The van der Waals surface area contributed by atoms with Crippen molar-refractivity contribution in [2.75, 3.05) is 0 Å². The number of benzene rings is 1. The molecule has 0 aliphatic heterocycles. The Labute approximate surface area is 105 Å². The minimum atomic E-state index is -0.903. The molecular weight excluding hydrogens is 230 g/mol. The van der Waals surface area contributed by atoms with Crippen molar-refractivity contribution in [2.24, 2.45) is 0 Å². The largest absolute Gasteiger partial charge is 0.480 e. The highest BCUT2D eigenvalue weighted by molar-refractivity contribution is 5.75. The van der Waals surface area contributed by atoms with Crippen molar-refractivity contribution >= 4 is 5.97 Å². The molecular formula is C14H15NO3. The minimum Gasteiger partial charge on any atom is -0.480 e. The predicted molar refractivity (Wildman–Crippen MR) is 67.1 cm³/mol. The second kappa shape index (κ2) is 5.51. The fourth-order valence-electron chi connectivity index (χ4n) is 1.83. The lowest BCUT2D eigenvalue weighted by Crippen LogP contribution is -2.30. The lowest BCUT2D eigenvalue weighted by molar-refractivity contribution is -0.139. The molecule has 4 nitrogen and oxygen atoms in total. The smallest absolute Gasteiger partial charge is 0.325 e. The lowest BCUT2D eigenvalue weighted by Gasteiger charge is -2.19. The van der Waals surface area contributed by atoms with Crippen LogP contribution in [0.5, 0.6) is 0 Å². The van der Waals surface area contributed by atoms with Crippen molar-refractivity contribution in [3.05, 3.63) is 60.1 Å². The highest BCUT2D eigenvalue weighted by Crippen LogP contribution is 2.20. The summed E-state index contributed by atoms with van der Waals surface area (Å²) in [6.07, 6.45) is 1.58. The molecule has 1 aromatic heterocycles. The number of carboxylic acid groups (broad SMARTS) is 1. The van der Waals surface area contributed by atoms with E-state index < -0.39 is 12.0 Å². The molecule has 2 atom stereocenters. The Morgan fingerprint density at radius 2 is 1.94 bits per heavy atom. The van der Waals surface area contributed by atoms with E-state index in [2.05, 4.69) is 5.32 Å². The van der Waals surface area contributed by atoms with E-state index in [4.69, 9.17) is 4.42 Å². The Hall–Kier alpha value is -2.07. The monoisotopic (exact) mass is 245 g/mol. The van der Waals surface area contributed by atoms with E-state index in [0.717, 1.165) is 11.3 Å². The Morgan fingerprint density at radius 1 is 1.22 bits per heavy atom. The van der Waals surface area contributed by atoms with Gasteiger partial charge in [0.15, 0.2) is 0 Å². The summed E-state index contributed by atoms with van der Waals surface area (Å²) in [5, 5.41) is 12.3. The number of nitrogens with one attached hydrogen (secondary N) is 1. The van der Waals surface area contributed by atoms with Crippen LogP contribution in [0.4, 0.5) is 0 Å². The zero-order valence-electron chi connectivity index (χ0n) is 10.0. The molecule has 1 heterocycles. The first kappa shape index (κ1) is 12.4. The second-order valence-corrected chi connectivity index (χ2v) is 4.09. The minimum absolute atomic E-state index is 0.165. The summed E-state index contributed by atoms with van der Waals surface area (Å²) >= 11 is 0. The van der Waals surface area contributed by atoms with E-state index in [1.807, 2.05) is 31.2 Å². The van der Waals surface area contributed by atoms with Crippen molar-refractivity contribution < 1.29 is 14.3 Å². The van der Waals surface area contributed by atoms with Gasteiger partial charge in [0.1, 0.15) is 11.8 Å². The molecule has 18 heavy (non-hydrogen) atoms. The van der Waals surface area contributed by atoms with Crippen molar-refractivity contribution in [3.8, 4) is 0 Å². The number of carboxylic acids is 1. The van der Waals surface area contributed by atoms with E-state index >= 15 is 0 Å². The molecule has 0 saturated heterocycles. The first-order valence-corrected chi connectivity index (χ1v) is 5.75. The molecule has 0 aliphatic carbocycles. The number of hydrogen-bond donors (Lipinski definition) is 2. The average molecular weight is 245 g/mol. The normalized spacial score (nSPS) is 14.1. The third-order valence-corrected chi connectivity index (χ3v) is 2.77. The lowest BCUT2D eigenvalue weighted by atomic mass is 10.1. The third-order valence-electron chi connectivity index (χ3n) is 2.77. The van der Waals surface area contributed by atoms with E-state index in [0.29, 0.717) is 0 Å². The SMILES string of the molecule is C[C@@H](NC(C(=O)O)c1ccccc1)c1ccco1. The Balaban J connectivity index is 2.15. The molecule has 2 rings (SSSR count). The van der Waals surface area contributed by atoms with Crippen LogP contribution in [0.25, 0.3) is 0 Å². The standard InChI is InChI=1S/C14H15NO3/c1-10(12-8-5-9-18-12)15-13(14(16)17)11-6-3-2-4-7-11/h2-10,13,15H,1H3,(H,16,17)/t10-,13?/m1/s1. The Kier molecular flexibility index (Phi) is 3.79. The summed E-state index contributed by atoms with van der Waals surface area (Å²) in [5.74, 6) is -0.184. The van der Waals surface area contributed by atoms with Gasteiger partial charge in [0.05, 0.1) is 12.3 Å². The number of rotatable bonds is 5. The van der Waals surface area contributed by atoms with Crippen molar-refractivity contribution in [2.45, 2.75) is 19.0 Å². The van der Waals surface area contributed by atoms with Crippen LogP contribution in [0.15, 0.2) is 53.1 Å². The van der Waals surface area contributed by atoms with E-state index in [9.17, 15) is 9.90 Å². The van der Waals surface area contributed by atoms with Gasteiger partial charge in [-0.25, -0.2) is 0 Å². The molecule has 2 N–H and O–H groups in total. The van der Waals surface area contributed by atoms with Gasteiger partial charge in [-0.3, -0.25) is 10.1 Å². The zero-order valence-corrected chi connectivity index (χ0v) is 10.0. The maximum Gasteiger partial charge on any atom is 0.325 e. The molecule has 1 unspecified atom stereocenters. The molecule has 0 bridgehead atoms. The van der Waals surface area contributed by atoms with Crippen LogP contribution in [0.2, 0.25) is 0 Å². The molecule has 94 valence electrons. The van der Waals surface area contributed by atoms with Gasteiger partial charge >= 0.3 is 5.97 Å².